The minimum absolute atomic E-state index is 0.0100. The molecule has 2 aliphatic rings. The van der Waals surface area contributed by atoms with Gasteiger partial charge in [0.2, 0.25) is 11.8 Å². The normalized spacial score (nSPS) is 17.5. The van der Waals surface area contributed by atoms with E-state index in [1.807, 2.05) is 19.2 Å². The SMILES string of the molecule is CCC[C@@H](CNC)Oc1ccc(C(=O)N2CCN(C(=O)c3cc(F)cc(NC(C)=O)c3)CC2C(=O)NCCC(C)C)cc1C1CCCCC1. The van der Waals surface area contributed by atoms with Crippen LogP contribution in [0.3, 0.4) is 0 Å². The second-order valence-electron chi connectivity index (χ2n) is 13.8. The fourth-order valence-corrected chi connectivity index (χ4v) is 6.83. The highest BCUT2D eigenvalue weighted by molar-refractivity contribution is 6.00. The van der Waals surface area contributed by atoms with Crippen LogP contribution in [-0.4, -0.2) is 85.3 Å². The largest absolute Gasteiger partial charge is 0.489 e. The molecule has 2 atom stereocenters. The first kappa shape index (κ1) is 37.8. The van der Waals surface area contributed by atoms with Gasteiger partial charge < -0.3 is 30.5 Å². The van der Waals surface area contributed by atoms with E-state index in [1.54, 1.807) is 11.0 Å². The highest BCUT2D eigenvalue weighted by atomic mass is 19.1. The third kappa shape index (κ3) is 10.5. The first-order valence-electron chi connectivity index (χ1n) is 17.9. The van der Waals surface area contributed by atoms with Gasteiger partial charge in [-0.05, 0) is 86.5 Å². The van der Waals surface area contributed by atoms with Crippen molar-refractivity contribution < 1.29 is 28.3 Å². The Morgan fingerprint density at radius 1 is 0.959 bits per heavy atom. The summed E-state index contributed by atoms with van der Waals surface area (Å²) in [7, 11) is 1.92. The van der Waals surface area contributed by atoms with E-state index in [4.69, 9.17) is 4.74 Å². The maximum atomic E-state index is 14.5. The number of nitrogens with one attached hydrogen (secondary N) is 3. The van der Waals surface area contributed by atoms with Gasteiger partial charge in [0.25, 0.3) is 11.8 Å². The van der Waals surface area contributed by atoms with Crippen molar-refractivity contribution in [2.24, 2.45) is 5.92 Å². The third-order valence-electron chi connectivity index (χ3n) is 9.35. The molecular formula is C38H54FN5O5. The number of benzene rings is 2. The van der Waals surface area contributed by atoms with Crippen LogP contribution in [-0.2, 0) is 9.59 Å². The number of hydrogen-bond donors (Lipinski definition) is 3. The van der Waals surface area contributed by atoms with E-state index in [0.29, 0.717) is 18.0 Å². The topological polar surface area (TPSA) is 120 Å². The number of halogens is 1. The number of rotatable bonds is 14. The van der Waals surface area contributed by atoms with E-state index in [1.165, 1.54) is 24.3 Å². The second kappa shape index (κ2) is 18.1. The zero-order valence-electron chi connectivity index (χ0n) is 29.8. The van der Waals surface area contributed by atoms with Gasteiger partial charge in [-0.2, -0.15) is 0 Å². The molecule has 10 nitrogen and oxygen atoms in total. The number of piperazine rings is 1. The molecule has 1 aliphatic carbocycles. The summed E-state index contributed by atoms with van der Waals surface area (Å²) in [4.78, 5) is 56.3. The van der Waals surface area contributed by atoms with Gasteiger partial charge in [-0.25, -0.2) is 4.39 Å². The van der Waals surface area contributed by atoms with Crippen molar-refractivity contribution in [1.82, 2.24) is 20.4 Å². The Labute approximate surface area is 290 Å². The molecule has 3 N–H and O–H groups in total. The van der Waals surface area contributed by atoms with Crippen LogP contribution in [0.2, 0.25) is 0 Å². The lowest BCUT2D eigenvalue weighted by atomic mass is 9.83. The summed E-state index contributed by atoms with van der Waals surface area (Å²) in [5, 5.41) is 8.72. The standard InChI is InChI=1S/C38H54FN5O5/c1-6-10-32(23-40-5)49-35-14-13-28(21-33(35)27-11-8-7-9-12-27)38(48)44-18-17-43(24-34(44)36(46)41-16-15-25(2)3)37(47)29-19-30(39)22-31(20-29)42-26(4)45/h13-14,19-22,25,27,32,34,40H,6-12,15-18,23-24H2,1-5H3,(H,41,46)(H,42,45)/t32-,34?/m0/s1. The van der Waals surface area contributed by atoms with E-state index in [0.717, 1.165) is 74.9 Å². The van der Waals surface area contributed by atoms with Crippen molar-refractivity contribution in [3.63, 3.8) is 0 Å². The van der Waals surface area contributed by atoms with Crippen LogP contribution < -0.4 is 20.7 Å². The van der Waals surface area contributed by atoms with Crippen molar-refractivity contribution >= 4 is 29.3 Å². The maximum Gasteiger partial charge on any atom is 0.254 e. The van der Waals surface area contributed by atoms with Crippen molar-refractivity contribution in [3.8, 4) is 5.75 Å². The van der Waals surface area contributed by atoms with Crippen LogP contribution in [0.25, 0.3) is 0 Å². The van der Waals surface area contributed by atoms with Crippen molar-refractivity contribution in [3.05, 3.63) is 58.9 Å². The summed E-state index contributed by atoms with van der Waals surface area (Å²) in [6.45, 7) is 8.97. The third-order valence-corrected chi connectivity index (χ3v) is 9.35. The van der Waals surface area contributed by atoms with E-state index < -0.39 is 17.8 Å². The lowest BCUT2D eigenvalue weighted by Gasteiger charge is -2.40. The molecule has 11 heteroatoms. The summed E-state index contributed by atoms with van der Waals surface area (Å²) in [5.74, 6) is -0.695. The van der Waals surface area contributed by atoms with Crippen LogP contribution in [0.4, 0.5) is 10.1 Å². The van der Waals surface area contributed by atoms with Gasteiger partial charge in [-0.15, -0.1) is 0 Å². The Hall–Kier alpha value is -3.99. The van der Waals surface area contributed by atoms with Crippen LogP contribution >= 0.6 is 0 Å². The molecule has 2 aromatic carbocycles. The quantitative estimate of drug-likeness (QED) is 0.235. The molecule has 0 spiro atoms. The summed E-state index contributed by atoms with van der Waals surface area (Å²) >= 11 is 0. The summed E-state index contributed by atoms with van der Waals surface area (Å²) in [6, 6.07) is 8.37. The summed E-state index contributed by atoms with van der Waals surface area (Å²) < 4.78 is 21.0. The molecule has 1 unspecified atom stereocenters. The van der Waals surface area contributed by atoms with Crippen LogP contribution in [0.1, 0.15) is 111 Å². The molecule has 49 heavy (non-hydrogen) atoms. The Morgan fingerprint density at radius 2 is 1.71 bits per heavy atom. The zero-order valence-corrected chi connectivity index (χ0v) is 29.8. The van der Waals surface area contributed by atoms with Crippen molar-refractivity contribution in [2.45, 2.75) is 97.1 Å². The molecule has 0 aromatic heterocycles. The lowest BCUT2D eigenvalue weighted by Crippen LogP contribution is -2.61. The molecule has 1 heterocycles. The molecule has 1 aliphatic heterocycles. The number of carbonyl (C=O) groups excluding carboxylic acids is 4. The number of hydrogen-bond acceptors (Lipinski definition) is 6. The van der Waals surface area contributed by atoms with Crippen LogP contribution in [0.5, 0.6) is 5.75 Å². The molecule has 0 radical (unpaired) electrons. The van der Waals surface area contributed by atoms with Gasteiger partial charge in [-0.1, -0.05) is 46.5 Å². The molecular weight excluding hydrogens is 625 g/mol. The van der Waals surface area contributed by atoms with Gasteiger partial charge in [0.05, 0.1) is 6.54 Å². The van der Waals surface area contributed by atoms with Crippen molar-refractivity contribution in [2.75, 3.05) is 45.1 Å². The van der Waals surface area contributed by atoms with Crippen LogP contribution in [0, 0.1) is 11.7 Å². The highest BCUT2D eigenvalue weighted by Gasteiger charge is 2.38. The number of nitrogens with zero attached hydrogens (tertiary/aromatic N) is 2. The smallest absolute Gasteiger partial charge is 0.254 e. The maximum absolute atomic E-state index is 14.5. The molecule has 0 bridgehead atoms. The first-order chi connectivity index (χ1) is 23.5. The number of amides is 4. The predicted octanol–water partition coefficient (Wildman–Crippen LogP) is 5.73. The van der Waals surface area contributed by atoms with E-state index in [2.05, 4.69) is 36.7 Å². The van der Waals surface area contributed by atoms with Gasteiger partial charge in [0.1, 0.15) is 23.7 Å². The fourth-order valence-electron chi connectivity index (χ4n) is 6.83. The van der Waals surface area contributed by atoms with Gasteiger partial charge in [0, 0.05) is 49.9 Å². The minimum atomic E-state index is -0.945. The Kier molecular flexibility index (Phi) is 14.0. The Morgan fingerprint density at radius 3 is 2.39 bits per heavy atom. The molecule has 4 rings (SSSR count). The van der Waals surface area contributed by atoms with Gasteiger partial charge in [-0.3, -0.25) is 19.2 Å². The number of likely N-dealkylation sites (N-methyl/N-ethyl adjacent to an activating group) is 1. The highest BCUT2D eigenvalue weighted by Crippen LogP contribution is 2.39. The summed E-state index contributed by atoms with van der Waals surface area (Å²) in [5.41, 5.74) is 1.74. The van der Waals surface area contributed by atoms with Crippen LogP contribution in [0.15, 0.2) is 36.4 Å². The van der Waals surface area contributed by atoms with E-state index in [-0.39, 0.29) is 60.6 Å². The average molecular weight is 680 g/mol. The molecule has 1 saturated carbocycles. The fraction of sp³-hybridized carbons (Fsp3) is 0.579. The van der Waals surface area contributed by atoms with E-state index in [9.17, 15) is 23.6 Å². The zero-order chi connectivity index (χ0) is 35.5. The van der Waals surface area contributed by atoms with Gasteiger partial charge in [0.15, 0.2) is 0 Å². The number of anilines is 1. The van der Waals surface area contributed by atoms with Crippen molar-refractivity contribution in [1.29, 1.82) is 0 Å². The Bertz CT molecular complexity index is 1450. The molecule has 1 saturated heterocycles. The molecule has 2 aromatic rings. The number of carbonyl (C=O) groups is 4. The summed E-state index contributed by atoms with van der Waals surface area (Å²) in [6.07, 6.45) is 8.20. The second-order valence-corrected chi connectivity index (χ2v) is 13.8. The average Bonchev–Trinajstić information content (AvgIpc) is 3.07. The lowest BCUT2D eigenvalue weighted by molar-refractivity contribution is -0.127. The monoisotopic (exact) mass is 679 g/mol. The minimum Gasteiger partial charge on any atom is -0.489 e. The Balaban J connectivity index is 1.62. The van der Waals surface area contributed by atoms with Gasteiger partial charge >= 0.3 is 0 Å². The molecule has 4 amide bonds. The molecule has 268 valence electrons. The molecule has 2 fully saturated rings. The van der Waals surface area contributed by atoms with E-state index >= 15 is 0 Å². The predicted molar refractivity (Wildman–Crippen MR) is 189 cm³/mol. The number of ether oxygens (including phenoxy) is 1. The first-order valence-corrected chi connectivity index (χ1v) is 17.9.